The van der Waals surface area contributed by atoms with Crippen LogP contribution in [-0.4, -0.2) is 37.7 Å². The van der Waals surface area contributed by atoms with E-state index in [2.05, 4.69) is 24.5 Å². The number of ether oxygens (including phenoxy) is 1. The first kappa shape index (κ1) is 15.4. The average molecular weight is 256 g/mol. The van der Waals surface area contributed by atoms with Gasteiger partial charge in [0.15, 0.2) is 0 Å². The SMILES string of the molecule is CCCCC(C)NC(=O)CCOC1CCNCC1. The predicted octanol–water partition coefficient (Wildman–Crippen LogP) is 1.84. The molecule has 18 heavy (non-hydrogen) atoms. The van der Waals surface area contributed by atoms with Gasteiger partial charge in [0.2, 0.25) is 5.91 Å². The van der Waals surface area contributed by atoms with Crippen molar-refractivity contribution < 1.29 is 9.53 Å². The first-order valence-electron chi connectivity index (χ1n) is 7.34. The molecular weight excluding hydrogens is 228 g/mol. The minimum atomic E-state index is 0.118. The van der Waals surface area contributed by atoms with Crippen LogP contribution in [0.15, 0.2) is 0 Å². The van der Waals surface area contributed by atoms with Gasteiger partial charge in [0.25, 0.3) is 0 Å². The van der Waals surface area contributed by atoms with Crippen molar-refractivity contribution in [2.24, 2.45) is 0 Å². The van der Waals surface area contributed by atoms with E-state index >= 15 is 0 Å². The second-order valence-corrected chi connectivity index (χ2v) is 5.18. The largest absolute Gasteiger partial charge is 0.378 e. The zero-order valence-corrected chi connectivity index (χ0v) is 11.8. The highest BCUT2D eigenvalue weighted by molar-refractivity contribution is 5.76. The maximum atomic E-state index is 11.7. The van der Waals surface area contributed by atoms with E-state index in [1.54, 1.807) is 0 Å². The lowest BCUT2D eigenvalue weighted by Crippen LogP contribution is -2.35. The van der Waals surface area contributed by atoms with Crippen molar-refractivity contribution in [2.45, 2.75) is 64.5 Å². The summed E-state index contributed by atoms with van der Waals surface area (Å²) in [5.74, 6) is 0.118. The molecule has 1 heterocycles. The van der Waals surface area contributed by atoms with Crippen molar-refractivity contribution in [1.82, 2.24) is 10.6 Å². The minimum absolute atomic E-state index is 0.118. The lowest BCUT2D eigenvalue weighted by Gasteiger charge is -2.23. The van der Waals surface area contributed by atoms with Crippen LogP contribution in [0, 0.1) is 0 Å². The van der Waals surface area contributed by atoms with Crippen molar-refractivity contribution in [3.05, 3.63) is 0 Å². The first-order chi connectivity index (χ1) is 8.72. The van der Waals surface area contributed by atoms with Gasteiger partial charge in [0.05, 0.1) is 12.7 Å². The fourth-order valence-electron chi connectivity index (χ4n) is 2.21. The summed E-state index contributed by atoms with van der Waals surface area (Å²) in [6.07, 6.45) is 6.38. The molecule has 1 saturated heterocycles. The van der Waals surface area contributed by atoms with Gasteiger partial charge in [0.1, 0.15) is 0 Å². The van der Waals surface area contributed by atoms with Crippen LogP contribution in [0.3, 0.4) is 0 Å². The van der Waals surface area contributed by atoms with Crippen molar-refractivity contribution in [3.63, 3.8) is 0 Å². The molecule has 1 aliphatic heterocycles. The summed E-state index contributed by atoms with van der Waals surface area (Å²) in [6, 6.07) is 0.288. The predicted molar refractivity (Wildman–Crippen MR) is 73.6 cm³/mol. The molecule has 1 aliphatic rings. The Hall–Kier alpha value is -0.610. The van der Waals surface area contributed by atoms with E-state index in [-0.39, 0.29) is 11.9 Å². The number of piperidine rings is 1. The second-order valence-electron chi connectivity index (χ2n) is 5.18. The Balaban J connectivity index is 2.01. The van der Waals surface area contributed by atoms with Gasteiger partial charge in [-0.3, -0.25) is 4.79 Å². The molecule has 2 N–H and O–H groups in total. The third-order valence-corrected chi connectivity index (χ3v) is 3.37. The Labute approximate surface area is 111 Å². The zero-order chi connectivity index (χ0) is 13.2. The highest BCUT2D eigenvalue weighted by Gasteiger charge is 2.14. The molecule has 106 valence electrons. The lowest BCUT2D eigenvalue weighted by atomic mass is 10.1. The molecule has 0 radical (unpaired) electrons. The molecule has 1 unspecified atom stereocenters. The number of carbonyl (C=O) groups excluding carboxylic acids is 1. The van der Waals surface area contributed by atoms with Gasteiger partial charge in [-0.2, -0.15) is 0 Å². The van der Waals surface area contributed by atoms with E-state index in [0.717, 1.165) is 32.4 Å². The number of hydrogen-bond donors (Lipinski definition) is 2. The minimum Gasteiger partial charge on any atom is -0.378 e. The Morgan fingerprint density at radius 3 is 2.83 bits per heavy atom. The van der Waals surface area contributed by atoms with Gasteiger partial charge >= 0.3 is 0 Å². The maximum Gasteiger partial charge on any atom is 0.222 e. The molecule has 1 fully saturated rings. The number of carbonyl (C=O) groups is 1. The zero-order valence-electron chi connectivity index (χ0n) is 11.8. The van der Waals surface area contributed by atoms with E-state index in [1.165, 1.54) is 12.8 Å². The number of nitrogens with one attached hydrogen (secondary N) is 2. The highest BCUT2D eigenvalue weighted by Crippen LogP contribution is 2.07. The van der Waals surface area contributed by atoms with Gasteiger partial charge < -0.3 is 15.4 Å². The van der Waals surface area contributed by atoms with Gasteiger partial charge in [-0.05, 0) is 39.3 Å². The monoisotopic (exact) mass is 256 g/mol. The van der Waals surface area contributed by atoms with Gasteiger partial charge in [-0.1, -0.05) is 19.8 Å². The molecule has 0 saturated carbocycles. The summed E-state index contributed by atoms with van der Waals surface area (Å²) >= 11 is 0. The molecule has 0 aromatic carbocycles. The molecule has 0 aromatic rings. The van der Waals surface area contributed by atoms with Crippen molar-refractivity contribution in [1.29, 1.82) is 0 Å². The number of rotatable bonds is 8. The third kappa shape index (κ3) is 6.97. The normalized spacial score (nSPS) is 18.6. The fraction of sp³-hybridized carbons (Fsp3) is 0.929. The Bertz CT molecular complexity index is 228. The van der Waals surface area contributed by atoms with E-state index in [9.17, 15) is 4.79 Å². The molecule has 1 rings (SSSR count). The molecule has 4 heteroatoms. The molecule has 4 nitrogen and oxygen atoms in total. The highest BCUT2D eigenvalue weighted by atomic mass is 16.5. The van der Waals surface area contributed by atoms with Crippen molar-refractivity contribution in [3.8, 4) is 0 Å². The first-order valence-corrected chi connectivity index (χ1v) is 7.34. The third-order valence-electron chi connectivity index (χ3n) is 3.37. The number of unbranched alkanes of at least 4 members (excludes halogenated alkanes) is 1. The summed E-state index contributed by atoms with van der Waals surface area (Å²) in [4.78, 5) is 11.7. The van der Waals surface area contributed by atoms with Gasteiger partial charge in [-0.15, -0.1) is 0 Å². The van der Waals surface area contributed by atoms with Crippen LogP contribution in [-0.2, 0) is 9.53 Å². The molecule has 1 atom stereocenters. The summed E-state index contributed by atoms with van der Waals surface area (Å²) in [5, 5.41) is 6.32. The van der Waals surface area contributed by atoms with Gasteiger partial charge in [0, 0.05) is 12.5 Å². The van der Waals surface area contributed by atoms with Crippen molar-refractivity contribution in [2.75, 3.05) is 19.7 Å². The molecule has 1 amide bonds. The van der Waals surface area contributed by atoms with E-state index < -0.39 is 0 Å². The topological polar surface area (TPSA) is 50.4 Å². The van der Waals surface area contributed by atoms with Crippen LogP contribution in [0.2, 0.25) is 0 Å². The molecule has 0 spiro atoms. The summed E-state index contributed by atoms with van der Waals surface area (Å²) < 4.78 is 5.72. The molecule has 0 aliphatic carbocycles. The Morgan fingerprint density at radius 2 is 2.17 bits per heavy atom. The molecule has 0 bridgehead atoms. The van der Waals surface area contributed by atoms with Crippen LogP contribution in [0.5, 0.6) is 0 Å². The summed E-state index contributed by atoms with van der Waals surface area (Å²) in [5.41, 5.74) is 0. The standard InChI is InChI=1S/C14H28N2O2/c1-3-4-5-12(2)16-14(17)8-11-18-13-6-9-15-10-7-13/h12-13,15H,3-11H2,1-2H3,(H,16,17). The molecule has 0 aromatic heterocycles. The summed E-state index contributed by atoms with van der Waals surface area (Å²) in [7, 11) is 0. The van der Waals surface area contributed by atoms with Crippen LogP contribution >= 0.6 is 0 Å². The quantitative estimate of drug-likeness (QED) is 0.697. The number of hydrogen-bond acceptors (Lipinski definition) is 3. The van der Waals surface area contributed by atoms with E-state index in [4.69, 9.17) is 4.74 Å². The summed E-state index contributed by atoms with van der Waals surface area (Å²) in [6.45, 7) is 6.86. The maximum absolute atomic E-state index is 11.7. The van der Waals surface area contributed by atoms with Crippen molar-refractivity contribution >= 4 is 5.91 Å². The smallest absolute Gasteiger partial charge is 0.222 e. The van der Waals surface area contributed by atoms with Gasteiger partial charge in [-0.25, -0.2) is 0 Å². The Morgan fingerprint density at radius 1 is 1.44 bits per heavy atom. The second kappa shape index (κ2) is 9.34. The van der Waals surface area contributed by atoms with E-state index in [1.807, 2.05) is 0 Å². The van der Waals surface area contributed by atoms with Crippen LogP contribution in [0.25, 0.3) is 0 Å². The van der Waals surface area contributed by atoms with Crippen LogP contribution < -0.4 is 10.6 Å². The van der Waals surface area contributed by atoms with Crippen LogP contribution in [0.4, 0.5) is 0 Å². The fourth-order valence-corrected chi connectivity index (χ4v) is 2.21. The molecular formula is C14H28N2O2. The lowest BCUT2D eigenvalue weighted by molar-refractivity contribution is -0.123. The van der Waals surface area contributed by atoms with E-state index in [0.29, 0.717) is 19.1 Å². The average Bonchev–Trinajstić information content (AvgIpc) is 2.37. The van der Waals surface area contributed by atoms with Crippen LogP contribution in [0.1, 0.15) is 52.4 Å². The Kier molecular flexibility index (Phi) is 8.01. The number of amides is 1.